The quantitative estimate of drug-likeness (QED) is 0.159. The van der Waals surface area contributed by atoms with Gasteiger partial charge >= 0.3 is 0 Å². The average Bonchev–Trinajstić information content (AvgIpc) is 3.03. The topological polar surface area (TPSA) is 114 Å². The molecule has 0 heterocycles. The average molecular weight is 669 g/mol. The molecule has 4 unspecified atom stereocenters. The SMILES string of the molecule is COc1cc(C2C(C(=O)Nc3cc(C)ccc3C)C(=O)CC(C)(O)C2C(=O)Nc2cc(C)ccc2C)ccc1OCc1ccc(Cl)cc1. The second kappa shape index (κ2) is 14.2. The summed E-state index contributed by atoms with van der Waals surface area (Å²) in [5.41, 5.74) is 4.32. The molecule has 0 saturated heterocycles. The van der Waals surface area contributed by atoms with Crippen LogP contribution in [0.4, 0.5) is 11.4 Å². The summed E-state index contributed by atoms with van der Waals surface area (Å²) in [6.45, 7) is 9.30. The number of Topliss-reactive ketones (excluding diaryl/α,β-unsaturated/α-hetero) is 1. The van der Waals surface area contributed by atoms with Crippen LogP contribution in [-0.4, -0.2) is 35.4 Å². The van der Waals surface area contributed by atoms with Crippen molar-refractivity contribution >= 4 is 40.6 Å². The van der Waals surface area contributed by atoms with Crippen molar-refractivity contribution in [2.45, 2.75) is 59.2 Å². The van der Waals surface area contributed by atoms with Crippen molar-refractivity contribution < 1.29 is 29.0 Å². The van der Waals surface area contributed by atoms with E-state index >= 15 is 0 Å². The van der Waals surface area contributed by atoms with Crippen molar-refractivity contribution in [2.75, 3.05) is 17.7 Å². The number of carbonyl (C=O) groups excluding carboxylic acids is 3. The van der Waals surface area contributed by atoms with Gasteiger partial charge in [0.25, 0.3) is 0 Å². The van der Waals surface area contributed by atoms with Gasteiger partial charge in [-0.2, -0.15) is 0 Å². The van der Waals surface area contributed by atoms with Gasteiger partial charge in [0.1, 0.15) is 18.3 Å². The van der Waals surface area contributed by atoms with Gasteiger partial charge in [-0.25, -0.2) is 0 Å². The van der Waals surface area contributed by atoms with Gasteiger partial charge in [-0.1, -0.05) is 54.1 Å². The number of aliphatic hydroxyl groups is 1. The number of methoxy groups -OCH3 is 1. The second-order valence-corrected chi connectivity index (χ2v) is 13.4. The Morgan fingerprint density at radius 2 is 1.42 bits per heavy atom. The van der Waals surface area contributed by atoms with Gasteiger partial charge in [0.2, 0.25) is 11.8 Å². The first-order chi connectivity index (χ1) is 22.8. The third-order valence-electron chi connectivity index (χ3n) is 9.01. The van der Waals surface area contributed by atoms with Gasteiger partial charge in [-0.15, -0.1) is 0 Å². The summed E-state index contributed by atoms with van der Waals surface area (Å²) in [4.78, 5) is 42.3. The molecule has 9 heteroatoms. The largest absolute Gasteiger partial charge is 0.493 e. The number of hydrogen-bond acceptors (Lipinski definition) is 6. The van der Waals surface area contributed by atoms with Crippen LogP contribution < -0.4 is 20.1 Å². The van der Waals surface area contributed by atoms with Crippen LogP contribution in [0.2, 0.25) is 5.02 Å². The molecule has 0 aromatic heterocycles. The van der Waals surface area contributed by atoms with E-state index in [0.29, 0.717) is 33.5 Å². The van der Waals surface area contributed by atoms with E-state index in [2.05, 4.69) is 10.6 Å². The summed E-state index contributed by atoms with van der Waals surface area (Å²) >= 11 is 6.03. The third kappa shape index (κ3) is 7.56. The molecule has 2 amide bonds. The lowest BCUT2D eigenvalue weighted by Crippen LogP contribution is -2.56. The Bertz CT molecular complexity index is 1850. The second-order valence-electron chi connectivity index (χ2n) is 12.9. The molecular weight excluding hydrogens is 628 g/mol. The number of hydrogen-bond donors (Lipinski definition) is 3. The van der Waals surface area contributed by atoms with E-state index in [1.54, 1.807) is 30.3 Å². The van der Waals surface area contributed by atoms with Crippen molar-refractivity contribution in [2.24, 2.45) is 11.8 Å². The maximum atomic E-state index is 14.3. The first kappa shape index (κ1) is 34.7. The minimum Gasteiger partial charge on any atom is -0.493 e. The fourth-order valence-electron chi connectivity index (χ4n) is 6.41. The highest BCUT2D eigenvalue weighted by atomic mass is 35.5. The Hall–Kier alpha value is -4.66. The Labute approximate surface area is 286 Å². The summed E-state index contributed by atoms with van der Waals surface area (Å²) in [5.74, 6) is -4.26. The molecule has 0 aliphatic heterocycles. The molecule has 3 N–H and O–H groups in total. The van der Waals surface area contributed by atoms with Crippen LogP contribution in [0.25, 0.3) is 0 Å². The van der Waals surface area contributed by atoms with Crippen LogP contribution in [0.15, 0.2) is 78.9 Å². The Balaban J connectivity index is 1.57. The number of benzene rings is 4. The fourth-order valence-corrected chi connectivity index (χ4v) is 6.53. The molecule has 1 aliphatic carbocycles. The lowest BCUT2D eigenvalue weighted by molar-refractivity contribution is -0.150. The number of ether oxygens (including phenoxy) is 2. The molecule has 0 spiro atoms. The minimum absolute atomic E-state index is 0.241. The summed E-state index contributed by atoms with van der Waals surface area (Å²) < 4.78 is 11.8. The van der Waals surface area contributed by atoms with Gasteiger partial charge in [0, 0.05) is 28.7 Å². The Morgan fingerprint density at radius 3 is 2.00 bits per heavy atom. The lowest BCUT2D eigenvalue weighted by atomic mass is 9.61. The van der Waals surface area contributed by atoms with Crippen LogP contribution in [-0.2, 0) is 21.0 Å². The van der Waals surface area contributed by atoms with Crippen LogP contribution in [0.1, 0.15) is 52.6 Å². The summed E-state index contributed by atoms with van der Waals surface area (Å²) in [5, 5.41) is 18.4. The number of halogens is 1. The molecular formula is C39H41ClN2O6. The Morgan fingerprint density at radius 1 is 0.833 bits per heavy atom. The van der Waals surface area contributed by atoms with E-state index < -0.39 is 41.0 Å². The number of rotatable bonds is 9. The molecule has 4 aromatic carbocycles. The normalized spacial score (nSPS) is 20.6. The summed E-state index contributed by atoms with van der Waals surface area (Å²) in [6, 6.07) is 23.7. The molecule has 8 nitrogen and oxygen atoms in total. The van der Waals surface area contributed by atoms with E-state index in [-0.39, 0.29) is 13.0 Å². The van der Waals surface area contributed by atoms with E-state index in [9.17, 15) is 19.5 Å². The molecule has 48 heavy (non-hydrogen) atoms. The van der Waals surface area contributed by atoms with E-state index in [4.69, 9.17) is 21.1 Å². The number of nitrogens with one attached hydrogen (secondary N) is 2. The summed E-state index contributed by atoms with van der Waals surface area (Å²) in [7, 11) is 1.49. The number of anilines is 2. The highest BCUT2D eigenvalue weighted by Crippen LogP contribution is 2.48. The van der Waals surface area contributed by atoms with Crippen LogP contribution in [0.5, 0.6) is 11.5 Å². The highest BCUT2D eigenvalue weighted by molar-refractivity contribution is 6.30. The van der Waals surface area contributed by atoms with Crippen LogP contribution in [0, 0.1) is 39.5 Å². The molecule has 1 fully saturated rings. The lowest BCUT2D eigenvalue weighted by Gasteiger charge is -2.44. The van der Waals surface area contributed by atoms with E-state index in [1.807, 2.05) is 76.2 Å². The Kier molecular flexibility index (Phi) is 10.3. The zero-order chi connectivity index (χ0) is 34.7. The van der Waals surface area contributed by atoms with Gasteiger partial charge in [0.05, 0.1) is 18.6 Å². The molecule has 1 aliphatic rings. The first-order valence-corrected chi connectivity index (χ1v) is 16.2. The van der Waals surface area contributed by atoms with Crippen molar-refractivity contribution in [1.82, 2.24) is 0 Å². The smallest absolute Gasteiger partial charge is 0.235 e. The van der Waals surface area contributed by atoms with Gasteiger partial charge < -0.3 is 25.2 Å². The van der Waals surface area contributed by atoms with Crippen LogP contribution in [0.3, 0.4) is 0 Å². The zero-order valence-electron chi connectivity index (χ0n) is 28.0. The molecule has 4 atom stereocenters. The molecule has 0 bridgehead atoms. The van der Waals surface area contributed by atoms with Crippen molar-refractivity contribution in [3.8, 4) is 11.5 Å². The third-order valence-corrected chi connectivity index (χ3v) is 9.27. The maximum absolute atomic E-state index is 14.3. The number of aryl methyl sites for hydroxylation is 4. The van der Waals surface area contributed by atoms with Gasteiger partial charge in [-0.3, -0.25) is 14.4 Å². The predicted molar refractivity (Wildman–Crippen MR) is 188 cm³/mol. The highest BCUT2D eigenvalue weighted by Gasteiger charge is 2.56. The van der Waals surface area contributed by atoms with Gasteiger partial charge in [-0.05, 0) is 104 Å². The molecule has 250 valence electrons. The molecule has 5 rings (SSSR count). The van der Waals surface area contributed by atoms with Crippen molar-refractivity contribution in [3.63, 3.8) is 0 Å². The fraction of sp³-hybridized carbons (Fsp3) is 0.308. The minimum atomic E-state index is -1.77. The number of amides is 2. The molecule has 0 radical (unpaired) electrons. The standard InChI is InChI=1S/C39H41ClN2O6/c1-22-7-9-24(3)29(17-22)41-37(44)35-31(43)20-39(5,46)36(38(45)42-30-18-23(2)8-10-25(30)4)34(35)27-13-16-32(33(19-27)47-6)48-21-26-11-14-28(40)15-12-26/h7-19,34-36,46H,20-21H2,1-6H3,(H,41,44)(H,42,45). The van der Waals surface area contributed by atoms with E-state index in [1.165, 1.54) is 14.0 Å². The maximum Gasteiger partial charge on any atom is 0.235 e. The predicted octanol–water partition coefficient (Wildman–Crippen LogP) is 7.48. The summed E-state index contributed by atoms with van der Waals surface area (Å²) in [6.07, 6.45) is -0.376. The monoisotopic (exact) mass is 668 g/mol. The number of ketones is 1. The molecule has 4 aromatic rings. The number of carbonyl (C=O) groups is 3. The first-order valence-electron chi connectivity index (χ1n) is 15.8. The van der Waals surface area contributed by atoms with Crippen molar-refractivity contribution in [3.05, 3.63) is 117 Å². The zero-order valence-corrected chi connectivity index (χ0v) is 28.8. The van der Waals surface area contributed by atoms with Crippen molar-refractivity contribution in [1.29, 1.82) is 0 Å². The van der Waals surface area contributed by atoms with E-state index in [0.717, 1.165) is 27.8 Å². The van der Waals surface area contributed by atoms with Gasteiger partial charge in [0.15, 0.2) is 11.5 Å². The van der Waals surface area contributed by atoms with Crippen LogP contribution >= 0.6 is 11.6 Å². The molecule has 1 saturated carbocycles.